The van der Waals surface area contributed by atoms with Gasteiger partial charge in [-0.15, -0.1) is 0 Å². The van der Waals surface area contributed by atoms with Crippen molar-refractivity contribution in [3.8, 4) is 11.3 Å². The Morgan fingerprint density at radius 1 is 1.11 bits per heavy atom. The van der Waals surface area contributed by atoms with Gasteiger partial charge in [-0.3, -0.25) is 9.78 Å². The second-order valence-corrected chi connectivity index (χ2v) is 8.94. The first kappa shape index (κ1) is 21.4. The van der Waals surface area contributed by atoms with Crippen molar-refractivity contribution >= 4 is 22.5 Å². The van der Waals surface area contributed by atoms with Crippen molar-refractivity contribution in [1.82, 2.24) is 24.5 Å². The van der Waals surface area contributed by atoms with Crippen molar-refractivity contribution in [3.63, 3.8) is 0 Å². The van der Waals surface area contributed by atoms with Crippen LogP contribution in [0, 0.1) is 5.82 Å². The Hall–Kier alpha value is -4.13. The van der Waals surface area contributed by atoms with Gasteiger partial charge in [-0.05, 0) is 49.1 Å². The molecule has 35 heavy (non-hydrogen) atoms. The number of rotatable bonds is 3. The van der Waals surface area contributed by atoms with Gasteiger partial charge >= 0.3 is 0 Å². The molecule has 2 aromatic carbocycles. The third-order valence-electron chi connectivity index (χ3n) is 6.91. The Kier molecular flexibility index (Phi) is 5.06. The second kappa shape index (κ2) is 8.27. The Bertz CT molecular complexity index is 1610. The van der Waals surface area contributed by atoms with E-state index in [1.54, 1.807) is 28.9 Å². The second-order valence-electron chi connectivity index (χ2n) is 8.94. The van der Waals surface area contributed by atoms with Crippen LogP contribution in [0.15, 0.2) is 66.9 Å². The van der Waals surface area contributed by atoms with Crippen LogP contribution in [0.25, 0.3) is 27.8 Å². The number of hydrogen-bond donors (Lipinski definition) is 0. The fourth-order valence-corrected chi connectivity index (χ4v) is 5.02. The molecule has 1 amide bonds. The zero-order valence-corrected chi connectivity index (χ0v) is 19.6. The molecule has 0 bridgehead atoms. The van der Waals surface area contributed by atoms with E-state index >= 15 is 0 Å². The third-order valence-corrected chi connectivity index (χ3v) is 6.91. The molecule has 174 valence electrons. The Labute approximate surface area is 202 Å². The Morgan fingerprint density at radius 3 is 2.83 bits per heavy atom. The topological polar surface area (TPSA) is 63.4 Å². The van der Waals surface area contributed by atoms with Gasteiger partial charge in [-0.1, -0.05) is 37.3 Å². The van der Waals surface area contributed by atoms with E-state index in [4.69, 9.17) is 0 Å². The molecule has 4 heterocycles. The predicted octanol–water partition coefficient (Wildman–Crippen LogP) is 5.41. The number of halogens is 1. The van der Waals surface area contributed by atoms with Crippen molar-refractivity contribution < 1.29 is 9.18 Å². The van der Waals surface area contributed by atoms with Gasteiger partial charge in [0.05, 0.1) is 17.3 Å². The van der Waals surface area contributed by atoms with E-state index in [9.17, 15) is 9.18 Å². The molecule has 1 aliphatic heterocycles. The lowest BCUT2D eigenvalue weighted by molar-refractivity contribution is 0.0671. The fraction of sp³-hybridized carbons (Fsp3) is 0.214. The largest absolute Gasteiger partial charge is 0.330 e. The van der Waals surface area contributed by atoms with Crippen molar-refractivity contribution in [1.29, 1.82) is 0 Å². The first-order valence-electron chi connectivity index (χ1n) is 11.9. The van der Waals surface area contributed by atoms with Gasteiger partial charge in [0.1, 0.15) is 11.5 Å². The number of pyridine rings is 1. The highest BCUT2D eigenvalue weighted by Crippen LogP contribution is 2.31. The lowest BCUT2D eigenvalue weighted by Gasteiger charge is -2.35. The van der Waals surface area contributed by atoms with E-state index in [0.29, 0.717) is 41.1 Å². The van der Waals surface area contributed by atoms with E-state index < -0.39 is 5.82 Å². The van der Waals surface area contributed by atoms with E-state index in [0.717, 1.165) is 17.5 Å². The van der Waals surface area contributed by atoms with E-state index in [1.807, 2.05) is 36.1 Å². The van der Waals surface area contributed by atoms with E-state index in [1.165, 1.54) is 17.2 Å². The molecule has 1 aliphatic rings. The van der Waals surface area contributed by atoms with Crippen LogP contribution in [-0.4, -0.2) is 36.9 Å². The molecule has 3 aromatic heterocycles. The summed E-state index contributed by atoms with van der Waals surface area (Å²) in [6, 6.07) is 18.7. The van der Waals surface area contributed by atoms with Gasteiger partial charge in [0.25, 0.3) is 5.91 Å². The van der Waals surface area contributed by atoms with E-state index in [2.05, 4.69) is 34.1 Å². The van der Waals surface area contributed by atoms with Crippen molar-refractivity contribution in [2.75, 3.05) is 6.54 Å². The van der Waals surface area contributed by atoms with E-state index in [-0.39, 0.29) is 11.9 Å². The average molecular weight is 466 g/mol. The summed E-state index contributed by atoms with van der Waals surface area (Å²) in [6.45, 7) is 4.71. The maximum Gasteiger partial charge on any atom is 0.273 e. The monoisotopic (exact) mass is 465 g/mol. The molecule has 0 spiro atoms. The molecule has 0 aliphatic carbocycles. The maximum atomic E-state index is 15.0. The number of hydrogen-bond acceptors (Lipinski definition) is 4. The van der Waals surface area contributed by atoms with Crippen LogP contribution in [0.1, 0.15) is 47.2 Å². The summed E-state index contributed by atoms with van der Waals surface area (Å²) >= 11 is 0. The molecule has 1 atom stereocenters. The minimum atomic E-state index is -0.394. The molecular formula is C28H24FN5O. The maximum absolute atomic E-state index is 15.0. The zero-order valence-electron chi connectivity index (χ0n) is 19.6. The lowest BCUT2D eigenvalue weighted by Crippen LogP contribution is -2.39. The molecule has 1 unspecified atom stereocenters. The van der Waals surface area contributed by atoms with Crippen LogP contribution < -0.4 is 0 Å². The summed E-state index contributed by atoms with van der Waals surface area (Å²) in [7, 11) is 0. The Balaban J connectivity index is 1.41. The van der Waals surface area contributed by atoms with Crippen LogP contribution in [-0.2, 0) is 12.8 Å². The number of nitrogens with zero attached hydrogens (tertiary/aromatic N) is 5. The molecule has 6 rings (SSSR count). The number of aromatic nitrogens is 4. The Morgan fingerprint density at radius 2 is 1.97 bits per heavy atom. The first-order valence-corrected chi connectivity index (χ1v) is 11.9. The van der Waals surface area contributed by atoms with Crippen molar-refractivity contribution in [3.05, 3.63) is 95.2 Å². The van der Waals surface area contributed by atoms with Crippen LogP contribution >= 0.6 is 0 Å². The summed E-state index contributed by atoms with van der Waals surface area (Å²) in [5, 5.41) is 5.48. The molecule has 0 saturated heterocycles. The highest BCUT2D eigenvalue weighted by molar-refractivity contribution is 5.93. The molecule has 0 radical (unpaired) electrons. The molecule has 5 aromatic rings. The third kappa shape index (κ3) is 3.55. The van der Waals surface area contributed by atoms with Crippen molar-refractivity contribution in [2.24, 2.45) is 0 Å². The van der Waals surface area contributed by atoms with Crippen molar-refractivity contribution in [2.45, 2.75) is 32.7 Å². The van der Waals surface area contributed by atoms with Crippen LogP contribution in [0.4, 0.5) is 4.39 Å². The molecule has 0 fully saturated rings. The number of carbonyl (C=O) groups is 1. The highest BCUT2D eigenvalue weighted by atomic mass is 19.1. The lowest BCUT2D eigenvalue weighted by atomic mass is 9.93. The number of fused-ring (bicyclic) bond motifs is 3. The summed E-state index contributed by atoms with van der Waals surface area (Å²) < 4.78 is 16.7. The van der Waals surface area contributed by atoms with Crippen LogP contribution in [0.3, 0.4) is 0 Å². The predicted molar refractivity (Wildman–Crippen MR) is 133 cm³/mol. The number of amides is 1. The normalized spacial score (nSPS) is 15.5. The summed E-state index contributed by atoms with van der Waals surface area (Å²) in [5.41, 5.74) is 5.67. The van der Waals surface area contributed by atoms with Gasteiger partial charge in [0.2, 0.25) is 0 Å². The minimum absolute atomic E-state index is 0.0312. The summed E-state index contributed by atoms with van der Waals surface area (Å²) in [4.78, 5) is 24.3. The SMILES string of the molecule is CCc1cc(C(=O)N2CCc3ccccc3C2C)nc2cc(-c3cc4cccnc4cc3F)nn12. The molecule has 6 nitrogen and oxygen atoms in total. The average Bonchev–Trinajstić information content (AvgIpc) is 3.32. The summed E-state index contributed by atoms with van der Waals surface area (Å²) in [6.07, 6.45) is 3.12. The number of carbonyl (C=O) groups excluding carboxylic acids is 1. The standard InChI is InChI=1S/C28H24FN5O/c1-3-20-14-26(28(35)33-12-10-18-7-4-5-9-21(18)17(33)2)31-27-16-25(32-34(20)27)22-13-19-8-6-11-30-24(19)15-23(22)29/h4-9,11,13-17H,3,10,12H2,1-2H3. The van der Waals surface area contributed by atoms with Crippen LogP contribution in [0.5, 0.6) is 0 Å². The minimum Gasteiger partial charge on any atom is -0.330 e. The van der Waals surface area contributed by atoms with Gasteiger partial charge in [0, 0.05) is 41.5 Å². The number of aryl methyl sites for hydroxylation is 1. The van der Waals surface area contributed by atoms with Gasteiger partial charge in [-0.25, -0.2) is 13.9 Å². The van der Waals surface area contributed by atoms with Gasteiger partial charge in [0.15, 0.2) is 5.65 Å². The van der Waals surface area contributed by atoms with Gasteiger partial charge in [-0.2, -0.15) is 5.10 Å². The van der Waals surface area contributed by atoms with Crippen LogP contribution in [0.2, 0.25) is 0 Å². The molecule has 0 N–H and O–H groups in total. The smallest absolute Gasteiger partial charge is 0.273 e. The highest BCUT2D eigenvalue weighted by Gasteiger charge is 2.29. The summed E-state index contributed by atoms with van der Waals surface area (Å²) in [5.74, 6) is -0.496. The van der Waals surface area contributed by atoms with Gasteiger partial charge < -0.3 is 4.90 Å². The number of benzene rings is 2. The molecule has 7 heteroatoms. The first-order chi connectivity index (χ1) is 17.0. The zero-order chi connectivity index (χ0) is 24.1. The molecular weight excluding hydrogens is 441 g/mol. The molecule has 0 saturated carbocycles. The quantitative estimate of drug-likeness (QED) is 0.358. The fourth-order valence-electron chi connectivity index (χ4n) is 5.02.